The largest absolute Gasteiger partial charge is 0.494 e. The van der Waals surface area contributed by atoms with E-state index in [0.29, 0.717) is 71.1 Å². The molecule has 4 N–H and O–H groups in total. The Hall–Kier alpha value is -8.08. The molecule has 0 saturated heterocycles. The van der Waals surface area contributed by atoms with Crippen molar-refractivity contribution in [3.05, 3.63) is 94.6 Å². The molecule has 7 rings (SSSR count). The zero-order valence-corrected chi connectivity index (χ0v) is 49.5. The van der Waals surface area contributed by atoms with Crippen molar-refractivity contribution in [1.29, 1.82) is 0 Å². The van der Waals surface area contributed by atoms with Gasteiger partial charge in [-0.25, -0.2) is 18.4 Å². The Morgan fingerprint density at radius 2 is 1.01 bits per heavy atom. The summed E-state index contributed by atoms with van der Waals surface area (Å²) in [6.07, 6.45) is 0. The minimum Gasteiger partial charge on any atom is -0.494 e. The number of hydrogen-bond donors (Lipinski definition) is 4. The van der Waals surface area contributed by atoms with E-state index in [2.05, 4.69) is 59.3 Å². The maximum atomic E-state index is 12.1. The first-order valence-corrected chi connectivity index (χ1v) is 30.4. The van der Waals surface area contributed by atoms with Gasteiger partial charge >= 0.3 is 10.6 Å². The third-order valence-electron chi connectivity index (χ3n) is 11.7. The molecule has 0 fully saturated rings. The fraction of sp³-hybridized carbons (Fsp3) is 0.286. The predicted molar refractivity (Wildman–Crippen MR) is 311 cm³/mol. The number of rotatable bonds is 22. The molecular weight excluding hydrogens is 1170 g/mol. The number of benzene rings is 4. The Morgan fingerprint density at radius 1 is 0.630 bits per heavy atom. The third-order valence-corrected chi connectivity index (χ3v) is 15.8. The van der Waals surface area contributed by atoms with Gasteiger partial charge in [-0.2, -0.15) is 31.8 Å². The van der Waals surface area contributed by atoms with Crippen LogP contribution in [0.1, 0.15) is 45.7 Å². The highest BCUT2D eigenvalue weighted by Crippen LogP contribution is 2.47. The number of anilines is 6. The van der Waals surface area contributed by atoms with Crippen molar-refractivity contribution in [2.45, 2.75) is 63.4 Å². The van der Waals surface area contributed by atoms with Crippen molar-refractivity contribution < 1.29 is 48.0 Å². The molecule has 0 aliphatic carbocycles. The maximum absolute atomic E-state index is 12.1. The van der Waals surface area contributed by atoms with E-state index in [1.165, 1.54) is 50.2 Å². The highest BCUT2D eigenvalue weighted by molar-refractivity contribution is 7.99. The molecule has 26 nitrogen and oxygen atoms in total. The number of hydrogen-bond acceptors (Lipinski definition) is 25. The van der Waals surface area contributed by atoms with E-state index in [9.17, 15) is 25.9 Å². The van der Waals surface area contributed by atoms with Gasteiger partial charge in [0.2, 0.25) is 11.9 Å². The first-order chi connectivity index (χ1) is 38.5. The van der Waals surface area contributed by atoms with Crippen molar-refractivity contribution in [3.63, 3.8) is 0 Å². The van der Waals surface area contributed by atoms with E-state index >= 15 is 0 Å². The zero-order chi connectivity index (χ0) is 59.3. The average Bonchev–Trinajstić information content (AvgIpc) is 4.05. The SMILES string of the molecule is O=S(=O)=O.[C-]#[N+]c1c(-c2ccc(C)c(S(=O)(=O)O)c2)nsc1N=Nc1cc(OC)c(N(CC)CC)cc1Nc1nc(Nc2cc(N(CC)CC)c(OC)cc2N=Nc2snc(-c3ccc(C)c(S(=O)(=O)O)c3)c2[N+]#[C-])nc(SCC)n1. The highest BCUT2D eigenvalue weighted by atomic mass is 32.2. The molecule has 0 atom stereocenters. The first kappa shape index (κ1) is 62.1. The predicted octanol–water partition coefficient (Wildman–Crippen LogP) is 12.5. The monoisotopic (exact) mass is 1220 g/mol. The van der Waals surface area contributed by atoms with Crippen LogP contribution in [0.5, 0.6) is 11.5 Å². The van der Waals surface area contributed by atoms with Gasteiger partial charge in [-0.3, -0.25) is 9.11 Å². The number of nitrogens with one attached hydrogen (secondary N) is 2. The van der Waals surface area contributed by atoms with Crippen molar-refractivity contribution >= 4 is 133 Å². The molecule has 0 spiro atoms. The molecule has 0 aliphatic heterocycles. The second-order valence-corrected chi connectivity index (χ2v) is 22.4. The van der Waals surface area contributed by atoms with Crippen molar-refractivity contribution in [3.8, 4) is 34.0 Å². The van der Waals surface area contributed by atoms with Crippen LogP contribution in [0.4, 0.5) is 67.4 Å². The molecule has 0 unspecified atom stereocenters. The quantitative estimate of drug-likeness (QED) is 0.0212. The lowest BCUT2D eigenvalue weighted by Crippen LogP contribution is -2.22. The van der Waals surface area contributed by atoms with Gasteiger partial charge in [-0.15, -0.1) is 33.1 Å². The molecule has 7 aromatic rings. The van der Waals surface area contributed by atoms with Crippen LogP contribution in [0, 0.1) is 27.0 Å². The van der Waals surface area contributed by atoms with E-state index in [4.69, 9.17) is 50.2 Å². The minimum absolute atomic E-state index is 0.0175. The summed E-state index contributed by atoms with van der Waals surface area (Å²) in [4.78, 5) is 25.2. The Bertz CT molecular complexity index is 3750. The molecule has 0 radical (unpaired) electrons. The summed E-state index contributed by atoms with van der Waals surface area (Å²) in [5, 5.41) is 25.4. The Kier molecular flexibility index (Phi) is 21.0. The van der Waals surface area contributed by atoms with Crippen LogP contribution >= 0.6 is 34.8 Å². The molecule has 0 aliphatic rings. The van der Waals surface area contributed by atoms with Crippen molar-refractivity contribution in [2.24, 2.45) is 20.5 Å². The fourth-order valence-corrected chi connectivity index (χ4v) is 11.3. The number of aryl methyl sites for hydroxylation is 2. The Morgan fingerprint density at radius 3 is 1.33 bits per heavy atom. The molecule has 4 aromatic carbocycles. The lowest BCUT2D eigenvalue weighted by Gasteiger charge is -2.25. The van der Waals surface area contributed by atoms with Gasteiger partial charge in [0.15, 0.2) is 15.2 Å². The van der Waals surface area contributed by atoms with Crippen LogP contribution in [0.25, 0.3) is 32.2 Å². The van der Waals surface area contributed by atoms with Gasteiger partial charge < -0.3 is 29.9 Å². The highest BCUT2D eigenvalue weighted by Gasteiger charge is 2.24. The standard InChI is InChI=1S/C49H51N15O8S5.O3S/c1-12-63(13-2)35-23-31(33(25-37(35)71-10)57-59-45-43(50-8)41(61-74-45)29-19-17-27(6)39(21-29)76(65,66)67)52-47-54-48(56-49(55-47)73-16-5)53-32-24-36(64(14-3)15-4)38(72-11)26-34(32)58-60-46-44(51-9)42(62-75-46)30-20-18-28(7)40(22-30)77(68,69)70;1-4(2)3/h17-26H,12-16H2,1-7,10-11H3,(H,65,66,67)(H,68,69,70)(H2,52,53,54,55,56);. The zero-order valence-electron chi connectivity index (χ0n) is 44.6. The molecule has 3 heterocycles. The molecular formula is C49H51N15O11S6. The van der Waals surface area contributed by atoms with Gasteiger partial charge in [0.1, 0.15) is 22.9 Å². The fourth-order valence-electron chi connectivity index (χ4n) is 7.85. The van der Waals surface area contributed by atoms with Crippen LogP contribution in [0.2, 0.25) is 0 Å². The Balaban J connectivity index is 0.00000255. The van der Waals surface area contributed by atoms with Gasteiger partial charge in [0.05, 0.1) is 71.3 Å². The smallest absolute Gasteiger partial charge is 0.425 e. The number of thioether (sulfide) groups is 1. The normalized spacial score (nSPS) is 11.4. The number of ether oxygens (including phenoxy) is 2. The van der Waals surface area contributed by atoms with Crippen LogP contribution in [0.3, 0.4) is 0 Å². The summed E-state index contributed by atoms with van der Waals surface area (Å²) in [5.41, 5.74) is 4.34. The lowest BCUT2D eigenvalue weighted by molar-refractivity contribution is 0.414. The van der Waals surface area contributed by atoms with E-state index in [1.807, 2.05) is 46.8 Å². The number of methoxy groups -OCH3 is 2. The first-order valence-electron chi connectivity index (χ1n) is 23.9. The second-order valence-electron chi connectivity index (χ2n) is 16.5. The van der Waals surface area contributed by atoms with Crippen LogP contribution in [-0.2, 0) is 30.8 Å². The third kappa shape index (κ3) is 15.0. The summed E-state index contributed by atoms with van der Waals surface area (Å²) in [6, 6.07) is 15.8. The van der Waals surface area contributed by atoms with Gasteiger partial charge in [-0.05, 0) is 117 Å². The summed E-state index contributed by atoms with van der Waals surface area (Å²) in [5.74, 6) is 1.77. The van der Waals surface area contributed by atoms with Crippen LogP contribution < -0.4 is 29.9 Å². The van der Waals surface area contributed by atoms with E-state index in [0.717, 1.165) is 34.4 Å². The molecule has 0 saturated carbocycles. The van der Waals surface area contributed by atoms with Gasteiger partial charge in [0, 0.05) is 38.3 Å². The molecule has 32 heteroatoms. The van der Waals surface area contributed by atoms with Crippen molar-refractivity contribution in [1.82, 2.24) is 23.7 Å². The molecule has 3 aromatic heterocycles. The molecule has 0 amide bonds. The van der Waals surface area contributed by atoms with Gasteiger partial charge in [-0.1, -0.05) is 43.0 Å². The van der Waals surface area contributed by atoms with E-state index < -0.39 is 30.8 Å². The molecule has 424 valence electrons. The summed E-state index contributed by atoms with van der Waals surface area (Å²) < 4.78 is 114. The topological polar surface area (TPSA) is 332 Å². The molecule has 81 heavy (non-hydrogen) atoms. The second kappa shape index (κ2) is 27.4. The maximum Gasteiger partial charge on any atom is 0.425 e. The number of aromatic nitrogens is 5. The van der Waals surface area contributed by atoms with Crippen molar-refractivity contribution in [2.75, 3.05) is 66.6 Å². The van der Waals surface area contributed by atoms with Crippen LogP contribution in [-0.4, -0.2) is 108 Å². The average molecular weight is 1220 g/mol. The summed E-state index contributed by atoms with van der Waals surface area (Å²) >= 11 is 3.13. The van der Waals surface area contributed by atoms with Gasteiger partial charge in [0.25, 0.3) is 31.6 Å². The summed E-state index contributed by atoms with van der Waals surface area (Å²) in [7, 11) is -9.16. The number of azo groups is 2. The lowest BCUT2D eigenvalue weighted by atomic mass is 10.1. The minimum atomic E-state index is -4.56. The summed E-state index contributed by atoms with van der Waals surface area (Å²) in [6.45, 7) is 31.7. The van der Waals surface area contributed by atoms with E-state index in [1.54, 1.807) is 38.1 Å². The van der Waals surface area contributed by atoms with E-state index in [-0.39, 0.29) is 77.0 Å². The number of nitrogens with zero attached hydrogens (tertiary/aromatic N) is 13. The molecule has 0 bridgehead atoms. The Labute approximate surface area is 481 Å². The van der Waals surface area contributed by atoms with Crippen LogP contribution in [0.15, 0.2) is 96.1 Å².